The van der Waals surface area contributed by atoms with Gasteiger partial charge in [-0.25, -0.2) is 9.97 Å². The highest BCUT2D eigenvalue weighted by atomic mass is 15.3. The molecule has 0 aliphatic heterocycles. The molecule has 96 valence electrons. The maximum atomic E-state index is 4.51. The summed E-state index contributed by atoms with van der Waals surface area (Å²) >= 11 is 0. The van der Waals surface area contributed by atoms with Crippen LogP contribution in [0, 0.1) is 6.92 Å². The Hall–Kier alpha value is -2.43. The smallest absolute Gasteiger partial charge is 0.136 e. The molecule has 1 aromatic carbocycles. The summed E-state index contributed by atoms with van der Waals surface area (Å²) in [6.45, 7) is 2.07. The van der Waals surface area contributed by atoms with Crippen molar-refractivity contribution >= 4 is 22.4 Å². The Bertz CT molecular complexity index is 717. The quantitative estimate of drug-likeness (QED) is 0.703. The summed E-state index contributed by atoms with van der Waals surface area (Å²) in [6.07, 6.45) is 3.29. The van der Waals surface area contributed by atoms with Gasteiger partial charge in [-0.05, 0) is 31.2 Å². The first-order chi connectivity index (χ1) is 9.16. The van der Waals surface area contributed by atoms with Gasteiger partial charge in [0.15, 0.2) is 0 Å². The molecular formula is C14H15N5. The number of benzene rings is 1. The molecule has 5 nitrogen and oxygen atoms in total. The van der Waals surface area contributed by atoms with E-state index in [0.29, 0.717) is 0 Å². The Morgan fingerprint density at radius 2 is 2.05 bits per heavy atom. The van der Waals surface area contributed by atoms with Gasteiger partial charge >= 0.3 is 0 Å². The molecule has 0 fully saturated rings. The van der Waals surface area contributed by atoms with Gasteiger partial charge in [0.05, 0.1) is 5.52 Å². The summed E-state index contributed by atoms with van der Waals surface area (Å²) in [5.74, 6) is 0.863. The van der Waals surface area contributed by atoms with E-state index in [-0.39, 0.29) is 0 Å². The minimum atomic E-state index is 0.863. The molecule has 3 rings (SSSR count). The van der Waals surface area contributed by atoms with E-state index in [1.165, 1.54) is 11.1 Å². The molecule has 0 aliphatic carbocycles. The number of hydrogen-bond donors (Lipinski definition) is 0. The Balaban J connectivity index is 2.06. The Morgan fingerprint density at radius 3 is 2.79 bits per heavy atom. The molecule has 2 aromatic heterocycles. The van der Waals surface area contributed by atoms with Crippen molar-refractivity contribution in [1.82, 2.24) is 19.7 Å². The highest BCUT2D eigenvalue weighted by Gasteiger charge is 2.09. The molecular weight excluding hydrogens is 238 g/mol. The van der Waals surface area contributed by atoms with Crippen LogP contribution in [0.1, 0.15) is 5.69 Å². The van der Waals surface area contributed by atoms with Crippen molar-refractivity contribution in [3.63, 3.8) is 0 Å². The standard InChI is InChI=1S/C14H15N5/c1-10-12-5-4-11(8-13(12)17-19(10)3)18(2)14-6-7-15-9-16-14/h4-9H,1-3H3. The van der Waals surface area contributed by atoms with Crippen LogP contribution in [0.25, 0.3) is 10.9 Å². The molecule has 0 amide bonds. The van der Waals surface area contributed by atoms with E-state index in [0.717, 1.165) is 17.0 Å². The van der Waals surface area contributed by atoms with Gasteiger partial charge in [0.2, 0.25) is 0 Å². The third-order valence-electron chi connectivity index (χ3n) is 3.41. The van der Waals surface area contributed by atoms with Gasteiger partial charge in [-0.1, -0.05) is 0 Å². The van der Waals surface area contributed by atoms with Crippen LogP contribution < -0.4 is 4.90 Å². The molecule has 0 N–H and O–H groups in total. The van der Waals surface area contributed by atoms with Crippen LogP contribution in [0.15, 0.2) is 36.8 Å². The van der Waals surface area contributed by atoms with Crippen molar-refractivity contribution in [2.45, 2.75) is 6.92 Å². The van der Waals surface area contributed by atoms with E-state index in [1.54, 1.807) is 12.5 Å². The zero-order chi connectivity index (χ0) is 13.4. The van der Waals surface area contributed by atoms with Crippen LogP contribution in [0.4, 0.5) is 11.5 Å². The predicted molar refractivity (Wildman–Crippen MR) is 75.5 cm³/mol. The highest BCUT2D eigenvalue weighted by molar-refractivity contribution is 5.85. The van der Waals surface area contributed by atoms with Crippen molar-refractivity contribution < 1.29 is 0 Å². The summed E-state index contributed by atoms with van der Waals surface area (Å²) in [6, 6.07) is 8.14. The third kappa shape index (κ3) is 1.93. The summed E-state index contributed by atoms with van der Waals surface area (Å²) in [7, 11) is 3.95. The maximum absolute atomic E-state index is 4.51. The first kappa shape index (κ1) is 11.6. The van der Waals surface area contributed by atoms with Gasteiger partial charge in [0.1, 0.15) is 12.1 Å². The summed E-state index contributed by atoms with van der Waals surface area (Å²) < 4.78 is 1.90. The zero-order valence-corrected chi connectivity index (χ0v) is 11.2. The lowest BCUT2D eigenvalue weighted by Crippen LogP contribution is -2.10. The predicted octanol–water partition coefficient (Wildman–Crippen LogP) is 2.44. The fraction of sp³-hybridized carbons (Fsp3) is 0.214. The number of aryl methyl sites for hydroxylation is 2. The monoisotopic (exact) mass is 253 g/mol. The van der Waals surface area contributed by atoms with Gasteiger partial charge < -0.3 is 4.90 Å². The lowest BCUT2D eigenvalue weighted by atomic mass is 10.2. The van der Waals surface area contributed by atoms with Crippen LogP contribution in [-0.2, 0) is 7.05 Å². The molecule has 0 saturated carbocycles. The Labute approximate surface area is 111 Å². The molecule has 2 heterocycles. The first-order valence-corrected chi connectivity index (χ1v) is 6.10. The third-order valence-corrected chi connectivity index (χ3v) is 3.41. The molecule has 0 radical (unpaired) electrons. The van der Waals surface area contributed by atoms with E-state index in [4.69, 9.17) is 0 Å². The molecule has 0 unspecified atom stereocenters. The molecule has 0 bridgehead atoms. The summed E-state index contributed by atoms with van der Waals surface area (Å²) in [4.78, 5) is 10.2. The van der Waals surface area contributed by atoms with Crippen LogP contribution in [0.2, 0.25) is 0 Å². The summed E-state index contributed by atoms with van der Waals surface area (Å²) in [5.41, 5.74) is 3.23. The first-order valence-electron chi connectivity index (χ1n) is 6.10. The van der Waals surface area contributed by atoms with Gasteiger partial charge in [0.25, 0.3) is 0 Å². The second kappa shape index (κ2) is 4.35. The average molecular weight is 253 g/mol. The molecule has 0 aliphatic rings. The molecule has 0 saturated heterocycles. The minimum Gasteiger partial charge on any atom is -0.329 e. The van der Waals surface area contributed by atoms with Gasteiger partial charge in [0, 0.05) is 37.1 Å². The summed E-state index contributed by atoms with van der Waals surface area (Å²) in [5, 5.41) is 5.69. The van der Waals surface area contributed by atoms with Gasteiger partial charge in [-0.15, -0.1) is 0 Å². The van der Waals surface area contributed by atoms with E-state index < -0.39 is 0 Å². The number of hydrogen-bond acceptors (Lipinski definition) is 4. The van der Waals surface area contributed by atoms with Crippen molar-refractivity contribution in [3.8, 4) is 0 Å². The molecule has 3 aromatic rings. The van der Waals surface area contributed by atoms with Crippen molar-refractivity contribution in [2.75, 3.05) is 11.9 Å². The lowest BCUT2D eigenvalue weighted by molar-refractivity contribution is 0.751. The number of rotatable bonds is 2. The van der Waals surface area contributed by atoms with Crippen LogP contribution >= 0.6 is 0 Å². The minimum absolute atomic E-state index is 0.863. The van der Waals surface area contributed by atoms with Crippen molar-refractivity contribution in [3.05, 3.63) is 42.5 Å². The fourth-order valence-electron chi connectivity index (χ4n) is 2.14. The van der Waals surface area contributed by atoms with Crippen LogP contribution in [0.3, 0.4) is 0 Å². The maximum Gasteiger partial charge on any atom is 0.136 e. The largest absolute Gasteiger partial charge is 0.329 e. The van der Waals surface area contributed by atoms with Crippen LogP contribution in [0.5, 0.6) is 0 Å². The normalized spacial score (nSPS) is 10.9. The molecule has 19 heavy (non-hydrogen) atoms. The molecule has 0 spiro atoms. The zero-order valence-electron chi connectivity index (χ0n) is 11.2. The SMILES string of the molecule is Cc1c2ccc(N(C)c3ccncn3)cc2nn1C. The van der Waals surface area contributed by atoms with E-state index >= 15 is 0 Å². The highest BCUT2D eigenvalue weighted by Crippen LogP contribution is 2.26. The lowest BCUT2D eigenvalue weighted by Gasteiger charge is -2.17. The van der Waals surface area contributed by atoms with E-state index in [1.807, 2.05) is 29.7 Å². The number of fused-ring (bicyclic) bond motifs is 1. The van der Waals surface area contributed by atoms with Gasteiger partial charge in [-0.2, -0.15) is 5.10 Å². The van der Waals surface area contributed by atoms with E-state index in [2.05, 4.69) is 40.2 Å². The Morgan fingerprint density at radius 1 is 1.21 bits per heavy atom. The average Bonchev–Trinajstić information content (AvgIpc) is 2.74. The molecule has 0 atom stereocenters. The number of nitrogens with zero attached hydrogens (tertiary/aromatic N) is 5. The number of anilines is 2. The fourth-order valence-corrected chi connectivity index (χ4v) is 2.14. The van der Waals surface area contributed by atoms with Gasteiger partial charge in [-0.3, -0.25) is 4.68 Å². The van der Waals surface area contributed by atoms with E-state index in [9.17, 15) is 0 Å². The van der Waals surface area contributed by atoms with Crippen molar-refractivity contribution in [2.24, 2.45) is 7.05 Å². The second-order valence-corrected chi connectivity index (χ2v) is 4.54. The molecule has 5 heteroatoms. The van der Waals surface area contributed by atoms with Crippen LogP contribution in [-0.4, -0.2) is 26.8 Å². The topological polar surface area (TPSA) is 46.8 Å². The number of aromatic nitrogens is 4. The second-order valence-electron chi connectivity index (χ2n) is 4.54. The Kier molecular flexibility index (Phi) is 2.67. The van der Waals surface area contributed by atoms with Crippen molar-refractivity contribution in [1.29, 1.82) is 0 Å².